The van der Waals surface area contributed by atoms with E-state index in [1.165, 1.54) is 61.3 Å². The van der Waals surface area contributed by atoms with Gasteiger partial charge >= 0.3 is 0 Å². The number of hydrogen-bond acceptors (Lipinski definition) is 4. The van der Waals surface area contributed by atoms with Crippen LogP contribution in [0.2, 0.25) is 0 Å². The van der Waals surface area contributed by atoms with Crippen LogP contribution >= 0.6 is 0 Å². The Balaban J connectivity index is 1.03. The lowest BCUT2D eigenvalue weighted by molar-refractivity contribution is 0.479. The first-order chi connectivity index (χ1) is 34.9. The number of hydrogen-bond donors (Lipinski definition) is 0. The fraction of sp³-hybridized carbons (Fsp3) is 0.221. The molecule has 0 atom stereocenters. The molecule has 10 aromatic rings. The fourth-order valence-corrected chi connectivity index (χ4v) is 10.7. The number of anilines is 4. The Labute approximate surface area is 432 Å². The average Bonchev–Trinajstić information content (AvgIpc) is 3.95. The Hall–Kier alpha value is -7.89. The minimum atomic E-state index is -0.227. The van der Waals surface area contributed by atoms with E-state index in [0.717, 1.165) is 45.1 Å². The van der Waals surface area contributed by atoms with Crippen molar-refractivity contribution >= 4 is 44.6 Å². The van der Waals surface area contributed by atoms with Crippen molar-refractivity contribution in [3.05, 3.63) is 240 Å². The monoisotopic (exact) mass is 955 g/mol. The third kappa shape index (κ3) is 8.86. The van der Waals surface area contributed by atoms with Gasteiger partial charge in [-0.1, -0.05) is 191 Å². The first-order valence-corrected chi connectivity index (χ1v) is 25.8. The number of benzene rings is 8. The van der Waals surface area contributed by atoms with Gasteiger partial charge in [-0.05, 0) is 122 Å². The molecule has 1 aliphatic heterocycles. The van der Waals surface area contributed by atoms with Gasteiger partial charge in [-0.15, -0.1) is 0 Å². The zero-order chi connectivity index (χ0) is 50.9. The van der Waals surface area contributed by atoms with Crippen LogP contribution in [-0.4, -0.2) is 16.2 Å². The molecule has 1 aliphatic rings. The molecule has 0 saturated carbocycles. The second-order valence-electron chi connectivity index (χ2n) is 23.1. The Morgan fingerprint density at radius 2 is 0.945 bits per heavy atom. The van der Waals surface area contributed by atoms with Crippen LogP contribution in [0.5, 0.6) is 11.5 Å². The smallest absolute Gasteiger partial charge is 0.137 e. The van der Waals surface area contributed by atoms with Gasteiger partial charge in [0.05, 0.1) is 22.4 Å². The highest BCUT2D eigenvalue weighted by Gasteiger charge is 2.34. The Morgan fingerprint density at radius 3 is 1.60 bits per heavy atom. The van der Waals surface area contributed by atoms with Crippen molar-refractivity contribution in [1.29, 1.82) is 0 Å². The quantitative estimate of drug-likeness (QED) is 0.137. The largest absolute Gasteiger partial charge is 0.457 e. The molecule has 5 heteroatoms. The van der Waals surface area contributed by atoms with Crippen LogP contribution in [-0.2, 0) is 21.7 Å². The number of ether oxygens (including phenoxy) is 1. The van der Waals surface area contributed by atoms with Gasteiger partial charge in [-0.2, -0.15) is 0 Å². The van der Waals surface area contributed by atoms with E-state index in [-0.39, 0.29) is 21.7 Å². The standard InChI is InChI=1S/C68H66N4O/c1-65(2,3)52-36-47(46-22-14-11-15-23-46)37-54(38-52)71-45-70(61-33-30-50(41-63(61)71)67(7,8)48-24-16-12-17-25-48)55-39-53(66(4,5)6)40-57(43-55)73-56-31-32-59-58-28-20-21-29-60(58)72(62(59)44-56)64-42-51(34-35-69-64)68(9,10)49-26-18-13-19-27-49/h11-44H,45H2,1-10H3. The van der Waals surface area contributed by atoms with Crippen molar-refractivity contribution in [2.24, 2.45) is 0 Å². The SMILES string of the molecule is CC(C)(C)c1cc(Oc2ccc3c4ccccc4n(-c4cc(C(C)(C)c5ccccc5)ccn4)c3c2)cc(N2CN(c3cc(-c4ccccc4)cc(C(C)(C)C)c3)c3cc(C(C)(C)c4ccccc4)ccc32)c1. The molecule has 5 nitrogen and oxygen atoms in total. The summed E-state index contributed by atoms with van der Waals surface area (Å²) in [5.41, 5.74) is 16.0. The van der Waals surface area contributed by atoms with Gasteiger partial charge in [0, 0.05) is 51.3 Å². The number of pyridine rings is 1. The maximum absolute atomic E-state index is 7.10. The molecule has 0 aliphatic carbocycles. The first-order valence-electron chi connectivity index (χ1n) is 25.8. The van der Waals surface area contributed by atoms with Gasteiger partial charge in [0.25, 0.3) is 0 Å². The van der Waals surface area contributed by atoms with Crippen LogP contribution < -0.4 is 14.5 Å². The second kappa shape index (κ2) is 18.0. The van der Waals surface area contributed by atoms with Crippen LogP contribution in [0, 0.1) is 0 Å². The van der Waals surface area contributed by atoms with Gasteiger partial charge in [-0.25, -0.2) is 4.98 Å². The van der Waals surface area contributed by atoms with E-state index >= 15 is 0 Å². The van der Waals surface area contributed by atoms with Crippen molar-refractivity contribution < 1.29 is 4.74 Å². The lowest BCUT2D eigenvalue weighted by atomic mass is 9.78. The minimum Gasteiger partial charge on any atom is -0.457 e. The number of para-hydroxylation sites is 1. The summed E-state index contributed by atoms with van der Waals surface area (Å²) in [6.45, 7) is 23.6. The van der Waals surface area contributed by atoms with Crippen LogP contribution in [0.4, 0.5) is 22.7 Å². The number of nitrogens with zero attached hydrogens (tertiary/aromatic N) is 4. The van der Waals surface area contributed by atoms with E-state index < -0.39 is 0 Å². The highest BCUT2D eigenvalue weighted by atomic mass is 16.5. The molecule has 73 heavy (non-hydrogen) atoms. The molecule has 8 aromatic carbocycles. The summed E-state index contributed by atoms with van der Waals surface area (Å²) >= 11 is 0. The molecule has 2 aromatic heterocycles. The lowest BCUT2D eigenvalue weighted by Crippen LogP contribution is -2.25. The van der Waals surface area contributed by atoms with E-state index in [9.17, 15) is 0 Å². The molecule has 11 rings (SSSR count). The van der Waals surface area contributed by atoms with Crippen molar-refractivity contribution in [2.45, 2.75) is 90.9 Å². The number of rotatable bonds is 10. The predicted molar refractivity (Wildman–Crippen MR) is 307 cm³/mol. The van der Waals surface area contributed by atoms with Crippen LogP contribution in [0.3, 0.4) is 0 Å². The molecule has 0 radical (unpaired) electrons. The Bertz CT molecular complexity index is 3650. The highest BCUT2D eigenvalue weighted by Crippen LogP contribution is 2.50. The van der Waals surface area contributed by atoms with E-state index in [0.29, 0.717) is 6.67 Å². The summed E-state index contributed by atoms with van der Waals surface area (Å²) in [5, 5.41) is 2.32. The van der Waals surface area contributed by atoms with Crippen LogP contribution in [0.1, 0.15) is 103 Å². The van der Waals surface area contributed by atoms with Gasteiger partial charge in [0.1, 0.15) is 24.0 Å². The molecule has 3 heterocycles. The molecular formula is C68H66N4O. The molecular weight excluding hydrogens is 889 g/mol. The fourth-order valence-electron chi connectivity index (χ4n) is 10.7. The third-order valence-electron chi connectivity index (χ3n) is 15.4. The average molecular weight is 955 g/mol. The Kier molecular flexibility index (Phi) is 11.7. The van der Waals surface area contributed by atoms with Gasteiger partial charge in [0.2, 0.25) is 0 Å². The molecule has 0 unspecified atom stereocenters. The maximum atomic E-state index is 7.10. The summed E-state index contributed by atoms with van der Waals surface area (Å²) < 4.78 is 9.39. The molecule has 0 fully saturated rings. The summed E-state index contributed by atoms with van der Waals surface area (Å²) in [7, 11) is 0. The van der Waals surface area contributed by atoms with Crippen molar-refractivity contribution in [3.63, 3.8) is 0 Å². The van der Waals surface area contributed by atoms with E-state index in [1.54, 1.807) is 0 Å². The molecule has 0 amide bonds. The first kappa shape index (κ1) is 47.4. The molecule has 0 N–H and O–H groups in total. The summed E-state index contributed by atoms with van der Waals surface area (Å²) in [5.74, 6) is 2.42. The van der Waals surface area contributed by atoms with E-state index in [4.69, 9.17) is 9.72 Å². The molecule has 0 saturated heterocycles. The maximum Gasteiger partial charge on any atom is 0.137 e. The molecule has 364 valence electrons. The van der Waals surface area contributed by atoms with Gasteiger partial charge in [-0.3, -0.25) is 4.57 Å². The Morgan fingerprint density at radius 1 is 0.384 bits per heavy atom. The van der Waals surface area contributed by atoms with Crippen molar-refractivity contribution in [2.75, 3.05) is 16.5 Å². The van der Waals surface area contributed by atoms with Crippen molar-refractivity contribution in [3.8, 4) is 28.4 Å². The second-order valence-corrected chi connectivity index (χ2v) is 23.1. The van der Waals surface area contributed by atoms with Crippen LogP contribution in [0.25, 0.3) is 38.8 Å². The summed E-state index contributed by atoms with van der Waals surface area (Å²) in [4.78, 5) is 10.0. The highest BCUT2D eigenvalue weighted by molar-refractivity contribution is 6.09. The topological polar surface area (TPSA) is 33.5 Å². The third-order valence-corrected chi connectivity index (χ3v) is 15.4. The number of aromatic nitrogens is 2. The summed E-state index contributed by atoms with van der Waals surface area (Å²) in [6.07, 6.45) is 1.95. The van der Waals surface area contributed by atoms with Crippen molar-refractivity contribution in [1.82, 2.24) is 9.55 Å². The zero-order valence-electron chi connectivity index (χ0n) is 44.0. The van der Waals surface area contributed by atoms with E-state index in [1.807, 2.05) is 6.20 Å². The molecule has 0 spiro atoms. The zero-order valence-corrected chi connectivity index (χ0v) is 44.0. The summed E-state index contributed by atoms with van der Waals surface area (Å²) in [6, 6.07) is 73.0. The normalized spacial score (nSPS) is 13.2. The van der Waals surface area contributed by atoms with Crippen LogP contribution in [0.15, 0.2) is 206 Å². The number of fused-ring (bicyclic) bond motifs is 4. The predicted octanol–water partition coefficient (Wildman–Crippen LogP) is 18.1. The van der Waals surface area contributed by atoms with E-state index in [2.05, 4.69) is 284 Å². The minimum absolute atomic E-state index is 0.0661. The van der Waals surface area contributed by atoms with Gasteiger partial charge < -0.3 is 14.5 Å². The van der Waals surface area contributed by atoms with Gasteiger partial charge in [0.15, 0.2) is 0 Å². The lowest BCUT2D eigenvalue weighted by Gasteiger charge is -2.28. The molecule has 0 bridgehead atoms.